The molecule has 0 saturated heterocycles. The van der Waals surface area contributed by atoms with Crippen molar-refractivity contribution in [3.05, 3.63) is 70.9 Å². The molecular weight excluding hydrogens is 282 g/mol. The molecule has 0 saturated carbocycles. The maximum atomic E-state index is 6.46. The molecule has 2 aromatic carbocycles. The fourth-order valence-electron chi connectivity index (χ4n) is 2.81. The van der Waals surface area contributed by atoms with Crippen LogP contribution in [-0.2, 0) is 0 Å². The topological polar surface area (TPSA) is 39.2 Å². The minimum Gasteiger partial charge on any atom is -0.458 e. The van der Waals surface area contributed by atoms with Gasteiger partial charge in [0.15, 0.2) is 5.58 Å². The number of benzene rings is 2. The van der Waals surface area contributed by atoms with Crippen molar-refractivity contribution in [1.82, 2.24) is 0 Å². The van der Waals surface area contributed by atoms with E-state index in [-0.39, 0.29) is 12.0 Å². The minimum atomic E-state index is -0.180. The summed E-state index contributed by atoms with van der Waals surface area (Å²) in [6, 6.07) is 17.9. The summed E-state index contributed by atoms with van der Waals surface area (Å²) in [6.07, 6.45) is 0.954. The molecule has 21 heavy (non-hydrogen) atoms. The van der Waals surface area contributed by atoms with Gasteiger partial charge in [-0.2, -0.15) is 0 Å². The van der Waals surface area contributed by atoms with Crippen LogP contribution < -0.4 is 5.73 Å². The fourth-order valence-corrected chi connectivity index (χ4v) is 3.03. The Morgan fingerprint density at radius 2 is 1.86 bits per heavy atom. The fraction of sp³-hybridized carbons (Fsp3) is 0.222. The Hall–Kier alpha value is -1.77. The van der Waals surface area contributed by atoms with Crippen molar-refractivity contribution in [3.63, 3.8) is 0 Å². The molecule has 2 atom stereocenters. The Morgan fingerprint density at radius 3 is 2.52 bits per heavy atom. The highest BCUT2D eigenvalue weighted by Gasteiger charge is 2.23. The number of halogens is 1. The summed E-state index contributed by atoms with van der Waals surface area (Å²) in [5.41, 5.74) is 8.41. The molecule has 1 heterocycles. The monoisotopic (exact) mass is 299 g/mol. The zero-order chi connectivity index (χ0) is 14.8. The number of fused-ring (bicyclic) bond motifs is 1. The van der Waals surface area contributed by atoms with Gasteiger partial charge in [0, 0.05) is 11.3 Å². The quantitative estimate of drug-likeness (QED) is 0.712. The summed E-state index contributed by atoms with van der Waals surface area (Å²) >= 11 is 6.17. The van der Waals surface area contributed by atoms with Crippen molar-refractivity contribution in [3.8, 4) is 0 Å². The van der Waals surface area contributed by atoms with Gasteiger partial charge in [0.05, 0.1) is 11.1 Å². The van der Waals surface area contributed by atoms with Crippen LogP contribution in [0.4, 0.5) is 0 Å². The Balaban J connectivity index is 1.99. The predicted molar refractivity (Wildman–Crippen MR) is 87.6 cm³/mol. The number of para-hydroxylation sites is 1. The molecule has 2 unspecified atom stereocenters. The smallest absolute Gasteiger partial charge is 0.152 e. The highest BCUT2D eigenvalue weighted by molar-refractivity contribution is 6.34. The molecule has 108 valence electrons. The van der Waals surface area contributed by atoms with E-state index in [2.05, 4.69) is 19.1 Å². The summed E-state index contributed by atoms with van der Waals surface area (Å²) in [4.78, 5) is 0. The molecule has 0 aliphatic rings. The number of hydrogen-bond acceptors (Lipinski definition) is 2. The van der Waals surface area contributed by atoms with Crippen LogP contribution in [0.3, 0.4) is 0 Å². The van der Waals surface area contributed by atoms with E-state index in [0.717, 1.165) is 17.6 Å². The number of furan rings is 1. The average molecular weight is 300 g/mol. The summed E-state index contributed by atoms with van der Waals surface area (Å²) in [5, 5.41) is 1.62. The van der Waals surface area contributed by atoms with Crippen molar-refractivity contribution in [2.45, 2.75) is 25.3 Å². The third-order valence-corrected chi connectivity index (χ3v) is 4.24. The first-order valence-corrected chi connectivity index (χ1v) is 7.57. The van der Waals surface area contributed by atoms with Crippen LogP contribution in [0, 0.1) is 0 Å². The summed E-state index contributed by atoms with van der Waals surface area (Å²) in [6.45, 7) is 2.15. The second kappa shape index (κ2) is 5.92. The lowest BCUT2D eigenvalue weighted by atomic mass is 9.88. The van der Waals surface area contributed by atoms with Crippen molar-refractivity contribution < 1.29 is 4.42 Å². The molecule has 2 nitrogen and oxygen atoms in total. The lowest BCUT2D eigenvalue weighted by Gasteiger charge is -2.21. The first-order chi connectivity index (χ1) is 10.2. The number of rotatable bonds is 4. The molecule has 0 bridgehead atoms. The molecule has 3 aromatic rings. The predicted octanol–water partition coefficient (Wildman–Crippen LogP) is 5.28. The van der Waals surface area contributed by atoms with E-state index in [1.54, 1.807) is 0 Å². The van der Waals surface area contributed by atoms with Crippen molar-refractivity contribution >= 4 is 22.6 Å². The number of hydrogen-bond donors (Lipinski definition) is 1. The van der Waals surface area contributed by atoms with Gasteiger partial charge in [-0.05, 0) is 24.1 Å². The largest absolute Gasteiger partial charge is 0.458 e. The molecule has 2 N–H and O–H groups in total. The normalized spacial score (nSPS) is 14.2. The molecule has 0 radical (unpaired) electrons. The molecule has 1 aromatic heterocycles. The Morgan fingerprint density at radius 1 is 1.10 bits per heavy atom. The van der Waals surface area contributed by atoms with Gasteiger partial charge in [-0.15, -0.1) is 0 Å². The second-order valence-corrected chi connectivity index (χ2v) is 5.67. The van der Waals surface area contributed by atoms with Crippen LogP contribution >= 0.6 is 11.6 Å². The second-order valence-electron chi connectivity index (χ2n) is 5.26. The molecule has 0 spiro atoms. The van der Waals surface area contributed by atoms with Gasteiger partial charge in [0.1, 0.15) is 5.76 Å². The van der Waals surface area contributed by atoms with Gasteiger partial charge >= 0.3 is 0 Å². The third-order valence-electron chi connectivity index (χ3n) is 3.94. The van der Waals surface area contributed by atoms with E-state index in [1.165, 1.54) is 5.56 Å². The first-order valence-electron chi connectivity index (χ1n) is 7.19. The summed E-state index contributed by atoms with van der Waals surface area (Å²) < 4.78 is 5.91. The maximum Gasteiger partial charge on any atom is 0.152 e. The molecule has 0 aliphatic heterocycles. The Kier molecular flexibility index (Phi) is 4.00. The minimum absolute atomic E-state index is 0.180. The van der Waals surface area contributed by atoms with Crippen LogP contribution in [0.2, 0.25) is 5.02 Å². The maximum absolute atomic E-state index is 6.46. The molecule has 0 aliphatic carbocycles. The Bertz CT molecular complexity index is 735. The number of nitrogens with two attached hydrogens (primary N) is 1. The summed E-state index contributed by atoms with van der Waals surface area (Å²) in [7, 11) is 0. The van der Waals surface area contributed by atoms with Gasteiger partial charge in [-0.25, -0.2) is 0 Å². The zero-order valence-corrected chi connectivity index (χ0v) is 12.7. The molecule has 0 amide bonds. The van der Waals surface area contributed by atoms with Crippen LogP contribution in [0.25, 0.3) is 11.0 Å². The third kappa shape index (κ3) is 2.69. The van der Waals surface area contributed by atoms with Gasteiger partial charge < -0.3 is 10.2 Å². The average Bonchev–Trinajstić information content (AvgIpc) is 2.95. The lowest BCUT2D eigenvalue weighted by Crippen LogP contribution is -2.18. The molecule has 3 rings (SSSR count). The van der Waals surface area contributed by atoms with Gasteiger partial charge in [0.25, 0.3) is 0 Å². The molecular formula is C18H18ClNO. The van der Waals surface area contributed by atoms with Crippen LogP contribution in [0.5, 0.6) is 0 Å². The lowest BCUT2D eigenvalue weighted by molar-refractivity contribution is 0.436. The highest BCUT2D eigenvalue weighted by Crippen LogP contribution is 2.36. The highest BCUT2D eigenvalue weighted by atomic mass is 35.5. The van der Waals surface area contributed by atoms with Crippen molar-refractivity contribution in [2.75, 3.05) is 0 Å². The first kappa shape index (κ1) is 14.2. The van der Waals surface area contributed by atoms with Gasteiger partial charge in [-0.3, -0.25) is 0 Å². The molecule has 0 fully saturated rings. The SMILES string of the molecule is CCC(c1ccccc1)C(N)c1cc2cccc(Cl)c2o1. The van der Waals surface area contributed by atoms with E-state index in [4.69, 9.17) is 21.8 Å². The van der Waals surface area contributed by atoms with E-state index >= 15 is 0 Å². The van der Waals surface area contributed by atoms with E-state index in [1.807, 2.05) is 42.5 Å². The van der Waals surface area contributed by atoms with Crippen LogP contribution in [-0.4, -0.2) is 0 Å². The van der Waals surface area contributed by atoms with Gasteiger partial charge in [-0.1, -0.05) is 61.0 Å². The van der Waals surface area contributed by atoms with E-state index in [0.29, 0.717) is 10.6 Å². The van der Waals surface area contributed by atoms with E-state index < -0.39 is 0 Å². The van der Waals surface area contributed by atoms with Crippen LogP contribution in [0.1, 0.15) is 36.6 Å². The van der Waals surface area contributed by atoms with E-state index in [9.17, 15) is 0 Å². The van der Waals surface area contributed by atoms with Crippen LogP contribution in [0.15, 0.2) is 59.0 Å². The van der Waals surface area contributed by atoms with Crippen molar-refractivity contribution in [2.24, 2.45) is 5.73 Å². The van der Waals surface area contributed by atoms with Gasteiger partial charge in [0.2, 0.25) is 0 Å². The standard InChI is InChI=1S/C18H18ClNO/c1-2-14(12-7-4-3-5-8-12)17(20)16-11-13-9-6-10-15(19)18(13)21-16/h3-11,14,17H,2,20H2,1H3. The molecule has 3 heteroatoms. The van der Waals surface area contributed by atoms with Crippen molar-refractivity contribution in [1.29, 1.82) is 0 Å². The zero-order valence-electron chi connectivity index (χ0n) is 11.9. The summed E-state index contributed by atoms with van der Waals surface area (Å²) in [5.74, 6) is 1.01. The Labute approximate surface area is 129 Å².